The molecule has 11 heteroatoms. The summed E-state index contributed by atoms with van der Waals surface area (Å²) in [5.74, 6) is 0.372. The molecule has 0 aliphatic heterocycles. The van der Waals surface area contributed by atoms with Gasteiger partial charge >= 0.3 is 0 Å². The summed E-state index contributed by atoms with van der Waals surface area (Å²) in [5.41, 5.74) is 0.141. The molecule has 0 aliphatic rings. The molecule has 3 aromatic rings. The molecule has 1 amide bonds. The van der Waals surface area contributed by atoms with Crippen LogP contribution in [0.4, 0.5) is 5.95 Å². The van der Waals surface area contributed by atoms with Gasteiger partial charge in [0.1, 0.15) is 0 Å². The van der Waals surface area contributed by atoms with Crippen LogP contribution in [-0.4, -0.2) is 48.2 Å². The highest BCUT2D eigenvalue weighted by atomic mass is 32.2. The van der Waals surface area contributed by atoms with E-state index in [1.54, 1.807) is 18.3 Å². The third-order valence-electron chi connectivity index (χ3n) is 4.38. The van der Waals surface area contributed by atoms with E-state index in [-0.39, 0.29) is 10.5 Å². The standard InChI is InChI=1S/C18H24N6O3S2/c1-19-16(25)14-8-4-5-9-15(14)29(26,27)22-11-7-3-2-6-10-20-17-23-28-18-21-12-13-24(17)18/h4-5,8-9,12-13,22H,2-3,6-7,10-11H2,1H3,(H,19,25)(H,20,23). The summed E-state index contributed by atoms with van der Waals surface area (Å²) in [5, 5.41) is 5.75. The number of unbranched alkanes of at least 4 members (excludes halogenated alkanes) is 3. The smallest absolute Gasteiger partial charge is 0.252 e. The lowest BCUT2D eigenvalue weighted by Gasteiger charge is -2.10. The van der Waals surface area contributed by atoms with Crippen molar-refractivity contribution in [3.8, 4) is 0 Å². The molecular formula is C18H24N6O3S2. The number of aromatic nitrogens is 3. The highest BCUT2D eigenvalue weighted by Crippen LogP contribution is 2.16. The maximum Gasteiger partial charge on any atom is 0.252 e. The molecule has 3 N–H and O–H groups in total. The summed E-state index contributed by atoms with van der Waals surface area (Å²) >= 11 is 1.35. The number of carbonyl (C=O) groups is 1. The van der Waals surface area contributed by atoms with E-state index in [0.717, 1.165) is 43.1 Å². The molecule has 0 fully saturated rings. The molecule has 0 unspecified atom stereocenters. The van der Waals surface area contributed by atoms with Crippen molar-refractivity contribution in [1.29, 1.82) is 0 Å². The number of nitrogens with one attached hydrogen (secondary N) is 3. The Morgan fingerprint density at radius 2 is 1.90 bits per heavy atom. The Labute approximate surface area is 173 Å². The molecule has 0 saturated heterocycles. The minimum Gasteiger partial charge on any atom is -0.355 e. The van der Waals surface area contributed by atoms with Crippen LogP contribution in [0.15, 0.2) is 41.6 Å². The maximum absolute atomic E-state index is 12.5. The fourth-order valence-corrected chi connectivity index (χ4v) is 4.82. The third-order valence-corrected chi connectivity index (χ3v) is 6.62. The summed E-state index contributed by atoms with van der Waals surface area (Å²) in [6.07, 6.45) is 7.17. The van der Waals surface area contributed by atoms with Crippen LogP contribution in [0.2, 0.25) is 0 Å². The number of amides is 1. The van der Waals surface area contributed by atoms with Crippen molar-refractivity contribution in [3.05, 3.63) is 42.2 Å². The number of hydrogen-bond acceptors (Lipinski definition) is 7. The Morgan fingerprint density at radius 1 is 1.14 bits per heavy atom. The molecule has 3 rings (SSSR count). The van der Waals surface area contributed by atoms with Gasteiger partial charge in [0, 0.05) is 44.1 Å². The molecule has 29 heavy (non-hydrogen) atoms. The number of nitrogens with zero attached hydrogens (tertiary/aromatic N) is 3. The van der Waals surface area contributed by atoms with Gasteiger partial charge in [-0.2, -0.15) is 4.37 Å². The van der Waals surface area contributed by atoms with Crippen LogP contribution < -0.4 is 15.4 Å². The molecule has 1 aromatic carbocycles. The third kappa shape index (κ3) is 5.31. The summed E-state index contributed by atoms with van der Waals surface area (Å²) in [6.45, 7) is 1.13. The predicted molar refractivity (Wildman–Crippen MR) is 113 cm³/mol. The first-order chi connectivity index (χ1) is 14.0. The molecule has 0 radical (unpaired) electrons. The lowest BCUT2D eigenvalue weighted by molar-refractivity contribution is 0.0960. The minimum atomic E-state index is -3.73. The molecule has 2 heterocycles. The molecule has 0 saturated carbocycles. The first kappa shape index (κ1) is 21.2. The highest BCUT2D eigenvalue weighted by Gasteiger charge is 2.20. The normalized spacial score (nSPS) is 11.6. The lowest BCUT2D eigenvalue weighted by Crippen LogP contribution is -2.28. The zero-order valence-electron chi connectivity index (χ0n) is 16.1. The van der Waals surface area contributed by atoms with Crippen LogP contribution in [0.25, 0.3) is 4.96 Å². The fourth-order valence-electron chi connectivity index (χ4n) is 2.88. The summed E-state index contributed by atoms with van der Waals surface area (Å²) in [6, 6.07) is 6.18. The maximum atomic E-state index is 12.5. The quantitative estimate of drug-likeness (QED) is 0.396. The average Bonchev–Trinajstić information content (AvgIpc) is 3.34. The highest BCUT2D eigenvalue weighted by molar-refractivity contribution is 7.89. The Kier molecular flexibility index (Phi) is 7.18. The average molecular weight is 437 g/mol. The van der Waals surface area contributed by atoms with Crippen LogP contribution in [0, 0.1) is 0 Å². The van der Waals surface area contributed by atoms with E-state index in [4.69, 9.17) is 0 Å². The lowest BCUT2D eigenvalue weighted by atomic mass is 10.2. The number of sulfonamides is 1. The Morgan fingerprint density at radius 3 is 2.69 bits per heavy atom. The number of anilines is 1. The predicted octanol–water partition coefficient (Wildman–Crippen LogP) is 2.10. The zero-order chi connectivity index (χ0) is 20.7. The molecule has 2 aromatic heterocycles. The minimum absolute atomic E-state index is 0.00220. The van der Waals surface area contributed by atoms with Crippen LogP contribution in [-0.2, 0) is 10.0 Å². The number of hydrogen-bond donors (Lipinski definition) is 3. The van der Waals surface area contributed by atoms with Crippen molar-refractivity contribution < 1.29 is 13.2 Å². The molecule has 0 spiro atoms. The first-order valence-corrected chi connectivity index (χ1v) is 11.6. The van der Waals surface area contributed by atoms with E-state index in [9.17, 15) is 13.2 Å². The molecule has 156 valence electrons. The Hall–Kier alpha value is -2.50. The first-order valence-electron chi connectivity index (χ1n) is 9.36. The van der Waals surface area contributed by atoms with Gasteiger partial charge in [-0.15, -0.1) is 0 Å². The van der Waals surface area contributed by atoms with Gasteiger partial charge in [-0.1, -0.05) is 25.0 Å². The molecule has 0 bridgehead atoms. The van der Waals surface area contributed by atoms with Gasteiger partial charge in [0.15, 0.2) is 0 Å². The van der Waals surface area contributed by atoms with Crippen LogP contribution in [0.5, 0.6) is 0 Å². The van der Waals surface area contributed by atoms with Gasteiger partial charge in [0.05, 0.1) is 10.5 Å². The van der Waals surface area contributed by atoms with Crippen LogP contribution >= 0.6 is 11.5 Å². The Bertz CT molecular complexity index is 1060. The van der Waals surface area contributed by atoms with E-state index in [2.05, 4.69) is 24.7 Å². The Balaban J connectivity index is 1.37. The van der Waals surface area contributed by atoms with Gasteiger partial charge in [0.25, 0.3) is 5.91 Å². The van der Waals surface area contributed by atoms with Crippen molar-refractivity contribution in [2.75, 3.05) is 25.5 Å². The van der Waals surface area contributed by atoms with Gasteiger partial charge in [0.2, 0.25) is 20.9 Å². The number of rotatable bonds is 11. The second kappa shape index (κ2) is 9.81. The van der Waals surface area contributed by atoms with Crippen molar-refractivity contribution in [2.24, 2.45) is 0 Å². The van der Waals surface area contributed by atoms with E-state index < -0.39 is 15.9 Å². The van der Waals surface area contributed by atoms with Gasteiger partial charge in [-0.05, 0) is 25.0 Å². The van der Waals surface area contributed by atoms with Crippen LogP contribution in [0.3, 0.4) is 0 Å². The van der Waals surface area contributed by atoms with E-state index >= 15 is 0 Å². The molecule has 0 atom stereocenters. The number of benzene rings is 1. The van der Waals surface area contributed by atoms with E-state index in [0.29, 0.717) is 6.54 Å². The van der Waals surface area contributed by atoms with Gasteiger partial charge in [-0.25, -0.2) is 18.1 Å². The van der Waals surface area contributed by atoms with Crippen molar-refractivity contribution in [1.82, 2.24) is 23.8 Å². The van der Waals surface area contributed by atoms with E-state index in [1.165, 1.54) is 30.7 Å². The fraction of sp³-hybridized carbons (Fsp3) is 0.389. The molecular weight excluding hydrogens is 412 g/mol. The topological polar surface area (TPSA) is 117 Å². The molecule has 9 nitrogen and oxygen atoms in total. The van der Waals surface area contributed by atoms with Gasteiger partial charge in [-0.3, -0.25) is 9.20 Å². The molecule has 0 aliphatic carbocycles. The van der Waals surface area contributed by atoms with Gasteiger partial charge < -0.3 is 10.6 Å². The monoisotopic (exact) mass is 436 g/mol. The van der Waals surface area contributed by atoms with Crippen molar-refractivity contribution >= 4 is 38.4 Å². The number of imidazole rings is 1. The van der Waals surface area contributed by atoms with E-state index in [1.807, 2.05) is 10.6 Å². The second-order valence-corrected chi connectivity index (χ2v) is 8.87. The summed E-state index contributed by atoms with van der Waals surface area (Å²) in [7, 11) is -2.25. The summed E-state index contributed by atoms with van der Waals surface area (Å²) in [4.78, 5) is 16.9. The largest absolute Gasteiger partial charge is 0.355 e. The summed E-state index contributed by atoms with van der Waals surface area (Å²) < 4.78 is 33.8. The zero-order valence-corrected chi connectivity index (χ0v) is 17.7. The van der Waals surface area contributed by atoms with Crippen molar-refractivity contribution in [2.45, 2.75) is 30.6 Å². The number of carbonyl (C=O) groups excluding carboxylic acids is 1. The SMILES string of the molecule is CNC(=O)c1ccccc1S(=O)(=O)NCCCCCCNc1nsc2nccn12. The van der Waals surface area contributed by atoms with Crippen molar-refractivity contribution in [3.63, 3.8) is 0 Å². The number of fused-ring (bicyclic) bond motifs is 1. The van der Waals surface area contributed by atoms with Crippen LogP contribution in [0.1, 0.15) is 36.0 Å². The second-order valence-electron chi connectivity index (χ2n) is 6.40.